The van der Waals surface area contributed by atoms with Crippen LogP contribution < -0.4 is 11.1 Å². The third kappa shape index (κ3) is 4.22. The second kappa shape index (κ2) is 5.54. The topological polar surface area (TPSA) is 92.5 Å². The lowest BCUT2D eigenvalue weighted by Crippen LogP contribution is -2.62. The largest absolute Gasteiger partial charge is 0.368 e. The van der Waals surface area contributed by atoms with Crippen LogP contribution in [0, 0.1) is 0 Å². The van der Waals surface area contributed by atoms with Gasteiger partial charge in [0.05, 0.1) is 11.5 Å². The first-order valence-corrected chi connectivity index (χ1v) is 7.97. The molecule has 1 atom stereocenters. The van der Waals surface area contributed by atoms with Crippen LogP contribution in [0.25, 0.3) is 0 Å². The molecule has 1 amide bonds. The number of hydrogen-bond donors (Lipinski definition) is 2. The van der Waals surface area contributed by atoms with Crippen LogP contribution in [-0.4, -0.2) is 61.9 Å². The molecule has 1 fully saturated rings. The zero-order valence-corrected chi connectivity index (χ0v) is 12.1. The maximum Gasteiger partial charge on any atom is 0.238 e. The SMILES string of the molecule is CC(C)NC(C)(CN1CCS(=O)(=O)CC1)C(N)=O. The first-order valence-electron chi connectivity index (χ1n) is 6.15. The fourth-order valence-electron chi connectivity index (χ4n) is 2.19. The third-order valence-corrected chi connectivity index (χ3v) is 4.74. The van der Waals surface area contributed by atoms with Crippen LogP contribution in [0.2, 0.25) is 0 Å². The zero-order chi connectivity index (χ0) is 14.0. The lowest BCUT2D eigenvalue weighted by atomic mass is 9.99. The molecule has 0 spiro atoms. The number of sulfone groups is 1. The molecular formula is C11H23N3O3S. The molecule has 1 rings (SSSR count). The lowest BCUT2D eigenvalue weighted by Gasteiger charge is -2.36. The zero-order valence-electron chi connectivity index (χ0n) is 11.3. The van der Waals surface area contributed by atoms with Crippen molar-refractivity contribution < 1.29 is 13.2 Å². The Morgan fingerprint density at radius 1 is 1.39 bits per heavy atom. The summed E-state index contributed by atoms with van der Waals surface area (Å²) in [6, 6.07) is 0.135. The van der Waals surface area contributed by atoms with Gasteiger partial charge in [0.15, 0.2) is 9.84 Å². The van der Waals surface area contributed by atoms with Gasteiger partial charge in [0.1, 0.15) is 5.54 Å². The van der Waals surface area contributed by atoms with Crippen LogP contribution in [0.3, 0.4) is 0 Å². The summed E-state index contributed by atoms with van der Waals surface area (Å²) in [5.74, 6) is -0.0998. The van der Waals surface area contributed by atoms with Crippen molar-refractivity contribution in [2.24, 2.45) is 5.73 Å². The minimum absolute atomic E-state index is 0.135. The highest BCUT2D eigenvalue weighted by Gasteiger charge is 2.35. The van der Waals surface area contributed by atoms with E-state index in [1.165, 1.54) is 0 Å². The van der Waals surface area contributed by atoms with E-state index >= 15 is 0 Å². The highest BCUT2D eigenvalue weighted by atomic mass is 32.2. The van der Waals surface area contributed by atoms with Gasteiger partial charge < -0.3 is 11.1 Å². The number of rotatable bonds is 5. The lowest BCUT2D eigenvalue weighted by molar-refractivity contribution is -0.124. The van der Waals surface area contributed by atoms with Crippen molar-refractivity contribution in [1.29, 1.82) is 0 Å². The summed E-state index contributed by atoms with van der Waals surface area (Å²) >= 11 is 0. The molecule has 1 saturated heterocycles. The fourth-order valence-corrected chi connectivity index (χ4v) is 3.46. The second-order valence-electron chi connectivity index (χ2n) is 5.42. The van der Waals surface area contributed by atoms with E-state index in [0.29, 0.717) is 19.6 Å². The molecule has 1 unspecified atom stereocenters. The van der Waals surface area contributed by atoms with E-state index in [-0.39, 0.29) is 17.5 Å². The molecule has 0 radical (unpaired) electrons. The second-order valence-corrected chi connectivity index (χ2v) is 7.73. The Labute approximate surface area is 109 Å². The number of primary amides is 1. The van der Waals surface area contributed by atoms with E-state index in [1.807, 2.05) is 18.7 Å². The Morgan fingerprint density at radius 3 is 2.28 bits per heavy atom. The molecule has 6 nitrogen and oxygen atoms in total. The molecule has 0 saturated carbocycles. The summed E-state index contributed by atoms with van der Waals surface area (Å²) in [7, 11) is -2.89. The molecule has 18 heavy (non-hydrogen) atoms. The number of nitrogens with zero attached hydrogens (tertiary/aromatic N) is 1. The Kier molecular flexibility index (Phi) is 4.74. The molecule has 1 aliphatic heterocycles. The summed E-state index contributed by atoms with van der Waals surface area (Å²) < 4.78 is 22.7. The average molecular weight is 277 g/mol. The number of carbonyl (C=O) groups is 1. The molecule has 0 aliphatic carbocycles. The Bertz CT molecular complexity index is 394. The van der Waals surface area contributed by atoms with Crippen molar-refractivity contribution in [3.05, 3.63) is 0 Å². The van der Waals surface area contributed by atoms with Crippen molar-refractivity contribution in [3.8, 4) is 0 Å². The minimum Gasteiger partial charge on any atom is -0.368 e. The number of carbonyl (C=O) groups excluding carboxylic acids is 1. The summed E-state index contributed by atoms with van der Waals surface area (Å²) in [5, 5.41) is 3.16. The van der Waals surface area contributed by atoms with Crippen molar-refractivity contribution in [2.75, 3.05) is 31.1 Å². The highest BCUT2D eigenvalue weighted by molar-refractivity contribution is 7.91. The van der Waals surface area contributed by atoms with Crippen molar-refractivity contribution in [2.45, 2.75) is 32.4 Å². The van der Waals surface area contributed by atoms with Gasteiger partial charge in [-0.25, -0.2) is 8.42 Å². The van der Waals surface area contributed by atoms with Crippen LogP contribution in [0.5, 0.6) is 0 Å². The molecule has 1 heterocycles. The Balaban J connectivity index is 2.66. The normalized spacial score (nSPS) is 23.8. The number of hydrogen-bond acceptors (Lipinski definition) is 5. The number of amides is 1. The van der Waals surface area contributed by atoms with Crippen LogP contribution in [0.1, 0.15) is 20.8 Å². The van der Waals surface area contributed by atoms with Crippen LogP contribution in [-0.2, 0) is 14.6 Å². The highest BCUT2D eigenvalue weighted by Crippen LogP contribution is 2.11. The Hall–Kier alpha value is -0.660. The predicted molar refractivity (Wildman–Crippen MR) is 71.0 cm³/mol. The molecule has 1 aliphatic rings. The van der Waals surface area contributed by atoms with Gasteiger partial charge >= 0.3 is 0 Å². The molecular weight excluding hydrogens is 254 g/mol. The van der Waals surface area contributed by atoms with Crippen LogP contribution in [0.15, 0.2) is 0 Å². The van der Waals surface area contributed by atoms with Crippen LogP contribution >= 0.6 is 0 Å². The molecule has 7 heteroatoms. The van der Waals surface area contributed by atoms with E-state index in [2.05, 4.69) is 5.32 Å². The molecule has 3 N–H and O–H groups in total. The van der Waals surface area contributed by atoms with Crippen molar-refractivity contribution in [1.82, 2.24) is 10.2 Å². The maximum atomic E-state index is 11.6. The molecule has 0 bridgehead atoms. The number of nitrogens with one attached hydrogen (secondary N) is 1. The van der Waals surface area contributed by atoms with Gasteiger partial charge in [0.25, 0.3) is 0 Å². The van der Waals surface area contributed by atoms with Crippen molar-refractivity contribution >= 4 is 15.7 Å². The minimum atomic E-state index is -2.89. The van der Waals surface area contributed by atoms with Gasteiger partial charge in [-0.1, -0.05) is 0 Å². The van der Waals surface area contributed by atoms with E-state index in [0.717, 1.165) is 0 Å². The van der Waals surface area contributed by atoms with Gasteiger partial charge in [-0.2, -0.15) is 0 Å². The number of nitrogens with two attached hydrogens (primary N) is 1. The monoisotopic (exact) mass is 277 g/mol. The smallest absolute Gasteiger partial charge is 0.238 e. The van der Waals surface area contributed by atoms with Gasteiger partial charge in [0, 0.05) is 25.7 Å². The van der Waals surface area contributed by atoms with Gasteiger partial charge in [-0.3, -0.25) is 9.69 Å². The van der Waals surface area contributed by atoms with Gasteiger partial charge in [-0.15, -0.1) is 0 Å². The van der Waals surface area contributed by atoms with Gasteiger partial charge in [-0.05, 0) is 20.8 Å². The standard InChI is InChI=1S/C11H23N3O3S/c1-9(2)13-11(3,10(12)15)8-14-4-6-18(16,17)7-5-14/h9,13H,4-8H2,1-3H3,(H2,12,15). The molecule has 106 valence electrons. The fraction of sp³-hybridized carbons (Fsp3) is 0.909. The van der Waals surface area contributed by atoms with E-state index < -0.39 is 21.3 Å². The molecule has 0 aromatic heterocycles. The average Bonchev–Trinajstić information content (AvgIpc) is 2.20. The van der Waals surface area contributed by atoms with E-state index in [9.17, 15) is 13.2 Å². The third-order valence-electron chi connectivity index (χ3n) is 3.13. The quantitative estimate of drug-likeness (QED) is 0.669. The first-order chi connectivity index (χ1) is 8.15. The van der Waals surface area contributed by atoms with E-state index in [1.54, 1.807) is 6.92 Å². The van der Waals surface area contributed by atoms with E-state index in [4.69, 9.17) is 5.73 Å². The predicted octanol–water partition coefficient (Wildman–Crippen LogP) is -1.04. The summed E-state index contributed by atoms with van der Waals surface area (Å²) in [4.78, 5) is 13.5. The van der Waals surface area contributed by atoms with Gasteiger partial charge in [0.2, 0.25) is 5.91 Å². The Morgan fingerprint density at radius 2 is 1.89 bits per heavy atom. The maximum absolute atomic E-state index is 11.6. The van der Waals surface area contributed by atoms with Crippen LogP contribution in [0.4, 0.5) is 0 Å². The molecule has 0 aromatic carbocycles. The van der Waals surface area contributed by atoms with Crippen molar-refractivity contribution in [3.63, 3.8) is 0 Å². The molecule has 0 aromatic rings. The summed E-state index contributed by atoms with van der Waals surface area (Å²) in [6.07, 6.45) is 0. The first kappa shape index (κ1) is 15.4. The summed E-state index contributed by atoms with van der Waals surface area (Å²) in [5.41, 5.74) is 4.62. The summed E-state index contributed by atoms with van der Waals surface area (Å²) in [6.45, 7) is 7.02.